The van der Waals surface area contributed by atoms with E-state index in [4.69, 9.17) is 14.2 Å². The first kappa shape index (κ1) is 20.3. The molecule has 0 aromatic heterocycles. The number of carbonyl (C=O) groups is 4. The predicted molar refractivity (Wildman–Crippen MR) is 112 cm³/mol. The predicted octanol–water partition coefficient (Wildman–Crippen LogP) is 4.47. The van der Waals surface area contributed by atoms with Crippen LogP contribution in [-0.2, 0) is 14.4 Å². The van der Waals surface area contributed by atoms with Crippen molar-refractivity contribution in [2.75, 3.05) is 0 Å². The molecule has 7 nitrogen and oxygen atoms in total. The molecule has 0 spiro atoms. The topological polar surface area (TPSA) is 96.0 Å². The number of hydrogen-bond acceptors (Lipinski definition) is 7. The molecule has 156 valence electrons. The number of ether oxygens (including phenoxy) is 3. The van der Waals surface area contributed by atoms with Gasteiger partial charge in [0.2, 0.25) is 0 Å². The smallest absolute Gasteiger partial charge is 0.308 e. The molecular weight excluding hydrogens is 400 g/mol. The molecule has 0 radical (unpaired) electrons. The summed E-state index contributed by atoms with van der Waals surface area (Å²) in [5.74, 6) is -1.10. The number of Topliss-reactive ketones (excluding diaryl/α,β-unsaturated/α-hetero) is 1. The highest BCUT2D eigenvalue weighted by molar-refractivity contribution is 6.20. The fourth-order valence-electron chi connectivity index (χ4n) is 3.89. The molecule has 0 saturated heterocycles. The Labute approximate surface area is 177 Å². The molecule has 0 saturated carbocycles. The van der Waals surface area contributed by atoms with Crippen molar-refractivity contribution in [1.29, 1.82) is 0 Å². The van der Waals surface area contributed by atoms with Gasteiger partial charge < -0.3 is 14.2 Å². The van der Waals surface area contributed by atoms with Crippen LogP contribution in [-0.4, -0.2) is 23.7 Å². The maximum absolute atomic E-state index is 12.4. The molecular formula is C24H18O7. The average Bonchev–Trinajstić information content (AvgIpc) is 2.96. The third-order valence-electron chi connectivity index (χ3n) is 4.88. The standard InChI is InChI=1S/C24H18O7/c1-11(25)18-10-21-19-7-15(29-12(2)26)5-6-17(19)20-8-16(30-13(3)27)9-22(23(20)21)24(18)31-14(4)28/h5-10H,1-4H3. The third-order valence-corrected chi connectivity index (χ3v) is 4.88. The zero-order valence-electron chi connectivity index (χ0n) is 17.3. The summed E-state index contributed by atoms with van der Waals surface area (Å²) in [5.41, 5.74) is 3.24. The quantitative estimate of drug-likeness (QED) is 0.274. The number of benzene rings is 3. The van der Waals surface area contributed by atoms with Gasteiger partial charge in [0.25, 0.3) is 0 Å². The first-order valence-corrected chi connectivity index (χ1v) is 9.51. The summed E-state index contributed by atoms with van der Waals surface area (Å²) in [6.45, 7) is 5.23. The Morgan fingerprint density at radius 1 is 0.613 bits per heavy atom. The first-order chi connectivity index (χ1) is 14.7. The summed E-state index contributed by atoms with van der Waals surface area (Å²) >= 11 is 0. The zero-order chi connectivity index (χ0) is 22.4. The van der Waals surface area contributed by atoms with E-state index in [0.29, 0.717) is 11.1 Å². The van der Waals surface area contributed by atoms with Gasteiger partial charge in [-0.15, -0.1) is 0 Å². The van der Waals surface area contributed by atoms with Crippen LogP contribution in [0.5, 0.6) is 17.2 Å². The minimum absolute atomic E-state index is 0.113. The summed E-state index contributed by atoms with van der Waals surface area (Å²) in [4.78, 5) is 47.2. The van der Waals surface area contributed by atoms with Crippen molar-refractivity contribution in [3.8, 4) is 39.5 Å². The maximum Gasteiger partial charge on any atom is 0.308 e. The van der Waals surface area contributed by atoms with Gasteiger partial charge >= 0.3 is 17.9 Å². The van der Waals surface area contributed by atoms with Crippen LogP contribution in [0.1, 0.15) is 38.1 Å². The second-order valence-electron chi connectivity index (χ2n) is 7.24. The largest absolute Gasteiger partial charge is 0.427 e. The van der Waals surface area contributed by atoms with Gasteiger partial charge in [-0.1, -0.05) is 6.07 Å². The summed E-state index contributed by atoms with van der Waals surface area (Å²) < 4.78 is 15.9. The number of carbonyl (C=O) groups excluding carboxylic acids is 4. The van der Waals surface area contributed by atoms with Gasteiger partial charge in [0, 0.05) is 31.5 Å². The molecule has 7 heteroatoms. The molecule has 3 aromatic rings. The van der Waals surface area contributed by atoms with Crippen LogP contribution in [0.15, 0.2) is 36.4 Å². The van der Waals surface area contributed by atoms with Crippen LogP contribution in [0, 0.1) is 0 Å². The van der Waals surface area contributed by atoms with E-state index in [-0.39, 0.29) is 22.8 Å². The molecule has 0 aliphatic heterocycles. The van der Waals surface area contributed by atoms with E-state index < -0.39 is 17.9 Å². The van der Waals surface area contributed by atoms with E-state index in [9.17, 15) is 19.2 Å². The van der Waals surface area contributed by atoms with Gasteiger partial charge in [-0.05, 0) is 59.5 Å². The zero-order valence-corrected chi connectivity index (χ0v) is 17.3. The highest BCUT2D eigenvalue weighted by Gasteiger charge is 2.28. The van der Waals surface area contributed by atoms with Crippen molar-refractivity contribution in [3.05, 3.63) is 42.0 Å². The number of fused-ring (bicyclic) bond motifs is 3. The minimum atomic E-state index is -0.579. The van der Waals surface area contributed by atoms with Crippen LogP contribution < -0.4 is 14.2 Å². The van der Waals surface area contributed by atoms with E-state index in [1.54, 1.807) is 36.4 Å². The number of ketones is 1. The van der Waals surface area contributed by atoms with E-state index in [1.165, 1.54) is 27.7 Å². The maximum atomic E-state index is 12.4. The van der Waals surface area contributed by atoms with E-state index in [2.05, 4.69) is 0 Å². The van der Waals surface area contributed by atoms with Crippen molar-refractivity contribution in [2.45, 2.75) is 27.7 Å². The van der Waals surface area contributed by atoms with Crippen LogP contribution in [0.4, 0.5) is 0 Å². The highest BCUT2D eigenvalue weighted by atomic mass is 16.5. The van der Waals surface area contributed by atoms with Gasteiger partial charge in [0.15, 0.2) is 5.78 Å². The Balaban J connectivity index is 2.09. The lowest BCUT2D eigenvalue weighted by Gasteiger charge is -2.14. The molecule has 4 rings (SSSR count). The Bertz CT molecular complexity index is 1320. The lowest BCUT2D eigenvalue weighted by atomic mass is 9.96. The molecule has 0 unspecified atom stereocenters. The second-order valence-corrected chi connectivity index (χ2v) is 7.24. The van der Waals surface area contributed by atoms with Crippen molar-refractivity contribution >= 4 is 34.5 Å². The molecule has 1 aliphatic rings. The number of rotatable bonds is 4. The van der Waals surface area contributed by atoms with Gasteiger partial charge in [-0.3, -0.25) is 19.2 Å². The van der Waals surface area contributed by atoms with Crippen molar-refractivity contribution in [3.63, 3.8) is 0 Å². The lowest BCUT2D eigenvalue weighted by molar-refractivity contribution is -0.132. The molecule has 0 amide bonds. The molecule has 0 atom stereocenters. The van der Waals surface area contributed by atoms with Gasteiger partial charge in [-0.2, -0.15) is 0 Å². The molecule has 0 bridgehead atoms. The molecule has 3 aromatic carbocycles. The molecule has 0 heterocycles. The molecule has 31 heavy (non-hydrogen) atoms. The average molecular weight is 418 g/mol. The Morgan fingerprint density at radius 2 is 1.19 bits per heavy atom. The van der Waals surface area contributed by atoms with Crippen molar-refractivity contribution in [1.82, 2.24) is 0 Å². The Kier molecular flexibility index (Phi) is 4.81. The van der Waals surface area contributed by atoms with E-state index in [0.717, 1.165) is 27.6 Å². The minimum Gasteiger partial charge on any atom is -0.427 e. The normalized spacial score (nSPS) is 11.1. The van der Waals surface area contributed by atoms with E-state index >= 15 is 0 Å². The lowest BCUT2D eigenvalue weighted by Crippen LogP contribution is -2.07. The SMILES string of the molecule is CC(=O)Oc1ccc2c(c1)-c1cc(C(C)=O)c(OC(C)=O)c3cc(OC(C)=O)cc-2c13. The summed E-state index contributed by atoms with van der Waals surface area (Å²) in [5, 5.41) is 1.21. The monoisotopic (exact) mass is 418 g/mol. The van der Waals surface area contributed by atoms with Crippen LogP contribution in [0.3, 0.4) is 0 Å². The summed E-state index contributed by atoms with van der Waals surface area (Å²) in [6, 6.07) is 10.1. The van der Waals surface area contributed by atoms with Crippen LogP contribution in [0.25, 0.3) is 33.0 Å². The van der Waals surface area contributed by atoms with Gasteiger partial charge in [0.1, 0.15) is 17.2 Å². The van der Waals surface area contributed by atoms with Crippen molar-refractivity contribution in [2.24, 2.45) is 0 Å². The number of hydrogen-bond donors (Lipinski definition) is 0. The van der Waals surface area contributed by atoms with Gasteiger partial charge in [-0.25, -0.2) is 0 Å². The third kappa shape index (κ3) is 3.54. The number of esters is 3. The van der Waals surface area contributed by atoms with Gasteiger partial charge in [0.05, 0.1) is 5.56 Å². The summed E-state index contributed by atoms with van der Waals surface area (Å²) in [6.07, 6.45) is 0. The van der Waals surface area contributed by atoms with Crippen LogP contribution >= 0.6 is 0 Å². The van der Waals surface area contributed by atoms with Crippen LogP contribution in [0.2, 0.25) is 0 Å². The second kappa shape index (κ2) is 7.36. The van der Waals surface area contributed by atoms with Crippen molar-refractivity contribution < 1.29 is 33.4 Å². The molecule has 0 N–H and O–H groups in total. The fourth-order valence-corrected chi connectivity index (χ4v) is 3.89. The Morgan fingerprint density at radius 3 is 1.81 bits per heavy atom. The molecule has 1 aliphatic carbocycles. The Hall–Kier alpha value is -4.00. The summed E-state index contributed by atoms with van der Waals surface area (Å²) in [7, 11) is 0. The first-order valence-electron chi connectivity index (χ1n) is 9.51. The molecule has 0 fully saturated rings. The fraction of sp³-hybridized carbons (Fsp3) is 0.167. The highest BCUT2D eigenvalue weighted by Crippen LogP contribution is 2.52. The van der Waals surface area contributed by atoms with E-state index in [1.807, 2.05) is 0 Å².